The Labute approximate surface area is 112 Å². The van der Waals surface area contributed by atoms with E-state index in [1.807, 2.05) is 30.3 Å². The van der Waals surface area contributed by atoms with Crippen molar-refractivity contribution in [2.75, 3.05) is 0 Å². The van der Waals surface area contributed by atoms with Crippen molar-refractivity contribution >= 4 is 48.6 Å². The van der Waals surface area contributed by atoms with Crippen LogP contribution >= 0.6 is 15.9 Å². The highest BCUT2D eigenvalue weighted by Gasteiger charge is 2.11. The van der Waals surface area contributed by atoms with Crippen LogP contribution in [0.15, 0.2) is 63.5 Å². The third-order valence-electron chi connectivity index (χ3n) is 3.34. The maximum atomic E-state index is 6.02. The number of fused-ring (bicyclic) bond motifs is 5. The molecule has 4 rings (SSSR count). The molecule has 0 amide bonds. The molecule has 86 valence electrons. The van der Waals surface area contributed by atoms with Gasteiger partial charge in [-0.3, -0.25) is 0 Å². The van der Waals surface area contributed by atoms with Crippen LogP contribution in [-0.4, -0.2) is 0 Å². The van der Waals surface area contributed by atoms with E-state index in [-0.39, 0.29) is 0 Å². The van der Waals surface area contributed by atoms with Gasteiger partial charge in [0.15, 0.2) is 0 Å². The topological polar surface area (TPSA) is 13.1 Å². The number of halogens is 1. The van der Waals surface area contributed by atoms with E-state index >= 15 is 0 Å². The minimum atomic E-state index is 0.927. The van der Waals surface area contributed by atoms with Gasteiger partial charge in [-0.2, -0.15) is 0 Å². The summed E-state index contributed by atoms with van der Waals surface area (Å²) in [6.45, 7) is 0. The standard InChI is InChI=1S/C16H9BrO/c17-13-6-3-7-14-15(13)12-9-8-10-4-1-2-5-11(10)16(12)18-14/h1-9H. The number of benzene rings is 3. The van der Waals surface area contributed by atoms with Crippen LogP contribution in [0.3, 0.4) is 0 Å². The van der Waals surface area contributed by atoms with Gasteiger partial charge in [0.2, 0.25) is 0 Å². The number of furan rings is 1. The molecule has 0 saturated heterocycles. The molecular formula is C16H9BrO. The van der Waals surface area contributed by atoms with Gasteiger partial charge in [-0.1, -0.05) is 52.3 Å². The normalized spacial score (nSPS) is 11.6. The second-order valence-corrected chi connectivity index (χ2v) is 5.23. The van der Waals surface area contributed by atoms with Crippen LogP contribution in [0.5, 0.6) is 0 Å². The van der Waals surface area contributed by atoms with Crippen molar-refractivity contribution in [3.63, 3.8) is 0 Å². The smallest absolute Gasteiger partial charge is 0.143 e. The Morgan fingerprint density at radius 2 is 1.67 bits per heavy atom. The van der Waals surface area contributed by atoms with E-state index in [4.69, 9.17) is 4.42 Å². The molecule has 0 aliphatic heterocycles. The maximum Gasteiger partial charge on any atom is 0.143 e. The minimum absolute atomic E-state index is 0.927. The van der Waals surface area contributed by atoms with Crippen molar-refractivity contribution in [3.8, 4) is 0 Å². The maximum absolute atomic E-state index is 6.02. The van der Waals surface area contributed by atoms with Crippen LogP contribution in [0.4, 0.5) is 0 Å². The first kappa shape index (κ1) is 10.2. The van der Waals surface area contributed by atoms with Crippen molar-refractivity contribution in [1.29, 1.82) is 0 Å². The summed E-state index contributed by atoms with van der Waals surface area (Å²) < 4.78 is 7.09. The molecule has 1 aromatic heterocycles. The fraction of sp³-hybridized carbons (Fsp3) is 0. The van der Waals surface area contributed by atoms with Gasteiger partial charge in [-0.25, -0.2) is 0 Å². The van der Waals surface area contributed by atoms with Crippen LogP contribution < -0.4 is 0 Å². The molecule has 0 bridgehead atoms. The summed E-state index contributed by atoms with van der Waals surface area (Å²) >= 11 is 3.60. The fourth-order valence-electron chi connectivity index (χ4n) is 2.51. The number of hydrogen-bond donors (Lipinski definition) is 0. The first-order valence-electron chi connectivity index (χ1n) is 5.83. The summed E-state index contributed by atoms with van der Waals surface area (Å²) in [4.78, 5) is 0. The minimum Gasteiger partial charge on any atom is -0.455 e. The van der Waals surface area contributed by atoms with E-state index < -0.39 is 0 Å². The molecule has 0 atom stereocenters. The first-order chi connectivity index (χ1) is 8.84. The van der Waals surface area contributed by atoms with E-state index in [1.165, 1.54) is 5.39 Å². The van der Waals surface area contributed by atoms with Crippen molar-refractivity contribution in [3.05, 3.63) is 59.1 Å². The molecule has 0 aliphatic carbocycles. The Morgan fingerprint density at radius 3 is 2.61 bits per heavy atom. The Bertz CT molecular complexity index is 889. The van der Waals surface area contributed by atoms with Crippen LogP contribution in [0.25, 0.3) is 32.7 Å². The van der Waals surface area contributed by atoms with Gasteiger partial charge in [0.05, 0.1) is 0 Å². The second kappa shape index (κ2) is 3.59. The van der Waals surface area contributed by atoms with Crippen LogP contribution in [0.2, 0.25) is 0 Å². The van der Waals surface area contributed by atoms with Gasteiger partial charge in [0.1, 0.15) is 11.2 Å². The summed E-state index contributed by atoms with van der Waals surface area (Å²) in [5, 5.41) is 4.69. The molecule has 4 aromatic rings. The lowest BCUT2D eigenvalue weighted by molar-refractivity contribution is 0.672. The van der Waals surface area contributed by atoms with Crippen LogP contribution in [0.1, 0.15) is 0 Å². The lowest BCUT2D eigenvalue weighted by Gasteiger charge is -1.97. The van der Waals surface area contributed by atoms with Crippen LogP contribution in [-0.2, 0) is 0 Å². The predicted molar refractivity (Wildman–Crippen MR) is 78.9 cm³/mol. The van der Waals surface area contributed by atoms with E-state index in [2.05, 4.69) is 40.2 Å². The second-order valence-electron chi connectivity index (χ2n) is 4.38. The Hall–Kier alpha value is -1.80. The van der Waals surface area contributed by atoms with Crippen molar-refractivity contribution in [1.82, 2.24) is 0 Å². The molecule has 0 unspecified atom stereocenters. The molecule has 0 saturated carbocycles. The Kier molecular flexibility index (Phi) is 2.03. The zero-order chi connectivity index (χ0) is 12.1. The molecule has 0 fully saturated rings. The van der Waals surface area contributed by atoms with E-state index in [0.29, 0.717) is 0 Å². The third-order valence-corrected chi connectivity index (χ3v) is 4.00. The Balaban J connectivity index is 2.34. The Morgan fingerprint density at radius 1 is 0.778 bits per heavy atom. The predicted octanol–water partition coefficient (Wildman–Crippen LogP) is 5.50. The largest absolute Gasteiger partial charge is 0.455 e. The zero-order valence-electron chi connectivity index (χ0n) is 9.48. The van der Waals surface area contributed by atoms with E-state index in [1.54, 1.807) is 0 Å². The highest BCUT2D eigenvalue weighted by atomic mass is 79.9. The third kappa shape index (κ3) is 1.27. The molecule has 2 heteroatoms. The van der Waals surface area contributed by atoms with E-state index in [9.17, 15) is 0 Å². The van der Waals surface area contributed by atoms with Gasteiger partial charge in [-0.05, 0) is 23.6 Å². The zero-order valence-corrected chi connectivity index (χ0v) is 11.1. The average molecular weight is 297 g/mol. The molecule has 18 heavy (non-hydrogen) atoms. The van der Waals surface area contributed by atoms with Gasteiger partial charge < -0.3 is 4.42 Å². The van der Waals surface area contributed by atoms with E-state index in [0.717, 1.165) is 31.8 Å². The highest BCUT2D eigenvalue weighted by molar-refractivity contribution is 9.10. The summed E-state index contributed by atoms with van der Waals surface area (Å²) in [5.74, 6) is 0. The highest BCUT2D eigenvalue weighted by Crippen LogP contribution is 2.37. The van der Waals surface area contributed by atoms with Gasteiger partial charge in [0.25, 0.3) is 0 Å². The van der Waals surface area contributed by atoms with Gasteiger partial charge in [-0.15, -0.1) is 0 Å². The summed E-state index contributed by atoms with van der Waals surface area (Å²) in [6, 6.07) is 18.6. The number of rotatable bonds is 0. The molecule has 1 heterocycles. The van der Waals surface area contributed by atoms with Crippen molar-refractivity contribution < 1.29 is 4.42 Å². The van der Waals surface area contributed by atoms with Gasteiger partial charge >= 0.3 is 0 Å². The average Bonchev–Trinajstić information content (AvgIpc) is 2.79. The molecule has 0 spiro atoms. The summed E-state index contributed by atoms with van der Waals surface area (Å²) in [5.41, 5.74) is 1.89. The molecule has 0 aliphatic rings. The summed E-state index contributed by atoms with van der Waals surface area (Å²) in [6.07, 6.45) is 0. The first-order valence-corrected chi connectivity index (χ1v) is 6.62. The molecule has 0 N–H and O–H groups in total. The summed E-state index contributed by atoms with van der Waals surface area (Å²) in [7, 11) is 0. The fourth-order valence-corrected chi connectivity index (χ4v) is 3.07. The van der Waals surface area contributed by atoms with Crippen molar-refractivity contribution in [2.45, 2.75) is 0 Å². The molecule has 1 nitrogen and oxygen atoms in total. The lowest BCUT2D eigenvalue weighted by Crippen LogP contribution is -1.73. The number of hydrogen-bond acceptors (Lipinski definition) is 1. The molecule has 3 aromatic carbocycles. The van der Waals surface area contributed by atoms with Crippen molar-refractivity contribution in [2.24, 2.45) is 0 Å². The van der Waals surface area contributed by atoms with Gasteiger partial charge in [0, 0.05) is 20.6 Å². The quantitative estimate of drug-likeness (QED) is 0.417. The lowest BCUT2D eigenvalue weighted by atomic mass is 10.1. The van der Waals surface area contributed by atoms with Crippen LogP contribution in [0, 0.1) is 0 Å². The molecular weight excluding hydrogens is 288 g/mol. The molecule has 0 radical (unpaired) electrons. The monoisotopic (exact) mass is 296 g/mol. The SMILES string of the molecule is Brc1cccc2oc3c4ccccc4ccc3c12.